The first-order chi connectivity index (χ1) is 16.3. The molecule has 0 saturated carbocycles. The van der Waals surface area contributed by atoms with E-state index in [1.165, 1.54) is 0 Å². The van der Waals surface area contributed by atoms with Crippen LogP contribution in [0.15, 0.2) is 83.8 Å². The van der Waals surface area contributed by atoms with Gasteiger partial charge in [0.1, 0.15) is 5.69 Å². The van der Waals surface area contributed by atoms with Crippen molar-refractivity contribution in [1.29, 1.82) is 0 Å². The number of hydrogen-bond acceptors (Lipinski definition) is 6. The number of para-hydroxylation sites is 2. The van der Waals surface area contributed by atoms with Gasteiger partial charge in [0.25, 0.3) is 0 Å². The van der Waals surface area contributed by atoms with E-state index in [4.69, 9.17) is 4.52 Å². The molecule has 0 bridgehead atoms. The first kappa shape index (κ1) is 20.8. The van der Waals surface area contributed by atoms with Crippen molar-refractivity contribution in [3.8, 4) is 11.5 Å². The highest BCUT2D eigenvalue weighted by Crippen LogP contribution is 2.29. The van der Waals surface area contributed by atoms with E-state index in [1.54, 1.807) is 23.5 Å². The monoisotopic (exact) mass is 440 g/mol. The molecule has 1 unspecified atom stereocenters. The van der Waals surface area contributed by atoms with E-state index >= 15 is 0 Å². The summed E-state index contributed by atoms with van der Waals surface area (Å²) in [6.45, 7) is 1.36. The van der Waals surface area contributed by atoms with Crippen molar-refractivity contribution in [2.24, 2.45) is 5.92 Å². The van der Waals surface area contributed by atoms with Crippen LogP contribution >= 0.6 is 0 Å². The molecule has 5 rings (SSSR count). The summed E-state index contributed by atoms with van der Waals surface area (Å²) in [5.74, 6) is 1.23. The van der Waals surface area contributed by atoms with E-state index in [0.29, 0.717) is 30.4 Å². The number of benzene rings is 2. The fraction of sp³-hybridized carbons (Fsp3) is 0.240. The Morgan fingerprint density at radius 3 is 2.42 bits per heavy atom. The number of hydrogen-bond donors (Lipinski definition) is 0. The number of likely N-dealkylation sites (tertiary alicyclic amines) is 1. The molecule has 1 aliphatic heterocycles. The van der Waals surface area contributed by atoms with Gasteiger partial charge in [-0.25, -0.2) is 9.78 Å². The van der Waals surface area contributed by atoms with Gasteiger partial charge < -0.3 is 9.42 Å². The van der Waals surface area contributed by atoms with Gasteiger partial charge in [-0.2, -0.15) is 4.98 Å². The van der Waals surface area contributed by atoms with Gasteiger partial charge in [-0.15, -0.1) is 0 Å². The highest BCUT2D eigenvalue weighted by molar-refractivity contribution is 5.99. The summed E-state index contributed by atoms with van der Waals surface area (Å²) in [7, 11) is 0. The van der Waals surface area contributed by atoms with Gasteiger partial charge in [0.05, 0.1) is 17.6 Å². The fourth-order valence-corrected chi connectivity index (χ4v) is 4.17. The summed E-state index contributed by atoms with van der Waals surface area (Å²) in [5.41, 5.74) is 2.27. The maximum absolute atomic E-state index is 13.7. The smallest absolute Gasteiger partial charge is 0.329 e. The topological polar surface area (TPSA) is 88.2 Å². The van der Waals surface area contributed by atoms with Crippen LogP contribution in [0, 0.1) is 5.92 Å². The van der Waals surface area contributed by atoms with Crippen LogP contribution in [0.2, 0.25) is 0 Å². The maximum atomic E-state index is 13.7. The number of carbonyl (C=O) groups excluding carboxylic acids is 1. The lowest BCUT2D eigenvalue weighted by Gasteiger charge is -2.36. The Bertz CT molecular complexity index is 1140. The molecule has 33 heavy (non-hydrogen) atoms. The molecule has 0 N–H and O–H groups in total. The SMILES string of the molecule is O=C(N1CCCC(Cc2nc(-c3cnccn3)no2)C1)N(c1ccccc1)c1ccccc1. The van der Waals surface area contributed by atoms with Crippen LogP contribution in [0.5, 0.6) is 0 Å². The Morgan fingerprint density at radius 1 is 1.03 bits per heavy atom. The number of carbonyl (C=O) groups is 1. The highest BCUT2D eigenvalue weighted by Gasteiger charge is 2.30. The summed E-state index contributed by atoms with van der Waals surface area (Å²) in [5, 5.41) is 4.04. The van der Waals surface area contributed by atoms with Gasteiger partial charge in [0, 0.05) is 31.9 Å². The molecule has 0 aliphatic carbocycles. The first-order valence-electron chi connectivity index (χ1n) is 11.1. The lowest BCUT2D eigenvalue weighted by molar-refractivity contribution is 0.169. The van der Waals surface area contributed by atoms with Crippen molar-refractivity contribution >= 4 is 17.4 Å². The second-order valence-electron chi connectivity index (χ2n) is 8.05. The predicted octanol–water partition coefficient (Wildman–Crippen LogP) is 4.74. The maximum Gasteiger partial charge on any atom is 0.329 e. The van der Waals surface area contributed by atoms with Crippen LogP contribution in [0.3, 0.4) is 0 Å². The molecular weight excluding hydrogens is 416 g/mol. The van der Waals surface area contributed by atoms with Crippen molar-refractivity contribution < 1.29 is 9.32 Å². The molecule has 1 fully saturated rings. The predicted molar refractivity (Wildman–Crippen MR) is 124 cm³/mol. The van der Waals surface area contributed by atoms with Gasteiger partial charge in [-0.1, -0.05) is 41.6 Å². The zero-order valence-electron chi connectivity index (χ0n) is 18.1. The van der Waals surface area contributed by atoms with Crippen LogP contribution in [-0.4, -0.2) is 44.1 Å². The van der Waals surface area contributed by atoms with Crippen LogP contribution in [0.25, 0.3) is 11.5 Å². The number of amides is 2. The Labute approximate surface area is 191 Å². The van der Waals surface area contributed by atoms with E-state index in [9.17, 15) is 4.79 Å². The Morgan fingerprint density at radius 2 is 1.76 bits per heavy atom. The molecule has 1 atom stereocenters. The average molecular weight is 441 g/mol. The minimum atomic E-state index is -0.0251. The number of anilines is 2. The minimum absolute atomic E-state index is 0.0251. The molecule has 8 heteroatoms. The molecule has 166 valence electrons. The quantitative estimate of drug-likeness (QED) is 0.445. The second kappa shape index (κ2) is 9.60. The third kappa shape index (κ3) is 4.74. The summed E-state index contributed by atoms with van der Waals surface area (Å²) in [6.07, 6.45) is 7.36. The molecule has 1 aliphatic rings. The lowest BCUT2D eigenvalue weighted by Crippen LogP contribution is -2.46. The van der Waals surface area contributed by atoms with Crippen LogP contribution in [0.1, 0.15) is 18.7 Å². The number of nitrogens with zero attached hydrogens (tertiary/aromatic N) is 6. The second-order valence-corrected chi connectivity index (χ2v) is 8.05. The van der Waals surface area contributed by atoms with E-state index in [2.05, 4.69) is 20.1 Å². The molecular formula is C25H24N6O2. The average Bonchev–Trinajstić information content (AvgIpc) is 3.35. The van der Waals surface area contributed by atoms with E-state index < -0.39 is 0 Å². The normalized spacial score (nSPS) is 15.9. The van der Waals surface area contributed by atoms with Crippen molar-refractivity contribution in [2.75, 3.05) is 18.0 Å². The van der Waals surface area contributed by atoms with E-state index in [1.807, 2.05) is 65.6 Å². The standard InChI is InChI=1S/C25H24N6O2/c32-25(31(20-9-3-1-4-10-20)21-11-5-2-6-12-21)30-15-7-8-19(18-30)16-23-28-24(29-33-23)22-17-26-13-14-27-22/h1-6,9-14,17,19H,7-8,15-16,18H2. The molecule has 4 aromatic rings. The summed E-state index contributed by atoms with van der Waals surface area (Å²) in [6, 6.07) is 19.5. The number of aromatic nitrogens is 4. The number of rotatable bonds is 5. The molecule has 1 saturated heterocycles. The number of urea groups is 1. The Balaban J connectivity index is 1.31. The first-order valence-corrected chi connectivity index (χ1v) is 11.1. The molecule has 0 spiro atoms. The third-order valence-electron chi connectivity index (χ3n) is 5.73. The van der Waals surface area contributed by atoms with Crippen molar-refractivity contribution in [2.45, 2.75) is 19.3 Å². The largest absolute Gasteiger partial charge is 0.339 e. The molecule has 3 heterocycles. The van der Waals surface area contributed by atoms with Crippen LogP contribution in [-0.2, 0) is 6.42 Å². The van der Waals surface area contributed by atoms with Crippen molar-refractivity contribution in [3.63, 3.8) is 0 Å². The van der Waals surface area contributed by atoms with Gasteiger partial charge in [0.15, 0.2) is 0 Å². The molecule has 2 aromatic carbocycles. The molecule has 8 nitrogen and oxygen atoms in total. The summed E-state index contributed by atoms with van der Waals surface area (Å²) >= 11 is 0. The summed E-state index contributed by atoms with van der Waals surface area (Å²) < 4.78 is 5.46. The Kier molecular flexibility index (Phi) is 6.06. The van der Waals surface area contributed by atoms with Gasteiger partial charge >= 0.3 is 6.03 Å². The van der Waals surface area contributed by atoms with Crippen LogP contribution < -0.4 is 4.90 Å². The Hall–Kier alpha value is -4.07. The number of piperidine rings is 1. The third-order valence-corrected chi connectivity index (χ3v) is 5.73. The van der Waals surface area contributed by atoms with Gasteiger partial charge in [0.2, 0.25) is 11.7 Å². The minimum Gasteiger partial charge on any atom is -0.339 e. The van der Waals surface area contributed by atoms with Gasteiger partial charge in [-0.05, 0) is 43.0 Å². The molecule has 2 aromatic heterocycles. The highest BCUT2D eigenvalue weighted by atomic mass is 16.5. The zero-order valence-corrected chi connectivity index (χ0v) is 18.1. The zero-order chi connectivity index (χ0) is 22.5. The molecule has 2 amide bonds. The van der Waals surface area contributed by atoms with E-state index in [-0.39, 0.29) is 11.9 Å². The lowest BCUT2D eigenvalue weighted by atomic mass is 9.95. The van der Waals surface area contributed by atoms with Gasteiger partial charge in [-0.3, -0.25) is 9.88 Å². The van der Waals surface area contributed by atoms with Crippen molar-refractivity contribution in [1.82, 2.24) is 25.0 Å². The van der Waals surface area contributed by atoms with E-state index in [0.717, 1.165) is 30.8 Å². The van der Waals surface area contributed by atoms with Crippen molar-refractivity contribution in [3.05, 3.63) is 85.1 Å². The fourth-order valence-electron chi connectivity index (χ4n) is 4.17. The van der Waals surface area contributed by atoms with Crippen LogP contribution in [0.4, 0.5) is 16.2 Å². The molecule has 0 radical (unpaired) electrons. The summed E-state index contributed by atoms with van der Waals surface area (Å²) in [4.78, 5) is 30.1.